The highest BCUT2D eigenvalue weighted by Crippen LogP contribution is 2.31. The predicted molar refractivity (Wildman–Crippen MR) is 96.0 cm³/mol. The van der Waals surface area contributed by atoms with Crippen LogP contribution in [0.1, 0.15) is 22.2 Å². The van der Waals surface area contributed by atoms with Gasteiger partial charge < -0.3 is 15.6 Å². The molecule has 0 bridgehead atoms. The molecule has 4 rings (SSSR count). The molecule has 4 N–H and O–H groups in total. The van der Waals surface area contributed by atoms with Crippen molar-refractivity contribution < 1.29 is 26.4 Å². The predicted octanol–water partition coefficient (Wildman–Crippen LogP) is 2.48. The van der Waals surface area contributed by atoms with E-state index in [-0.39, 0.29) is 21.8 Å². The van der Waals surface area contributed by atoms with E-state index in [1.54, 1.807) is 0 Å². The summed E-state index contributed by atoms with van der Waals surface area (Å²) < 4.78 is 67.2. The average Bonchev–Trinajstić information content (AvgIpc) is 3.20. The van der Waals surface area contributed by atoms with Crippen LogP contribution in [0.3, 0.4) is 0 Å². The molecule has 3 aromatic rings. The van der Waals surface area contributed by atoms with Gasteiger partial charge in [0.05, 0.1) is 23.9 Å². The van der Waals surface area contributed by atoms with Crippen LogP contribution in [-0.2, 0) is 10.0 Å². The second kappa shape index (κ2) is 6.90. The fourth-order valence-electron chi connectivity index (χ4n) is 2.81. The summed E-state index contributed by atoms with van der Waals surface area (Å²) in [5.41, 5.74) is 0.337. The quantitative estimate of drug-likeness (QED) is 0.483. The number of fused-ring (bicyclic) bond motifs is 1. The molecule has 2 heterocycles. The van der Waals surface area contributed by atoms with Crippen molar-refractivity contribution in [3.8, 4) is 0 Å². The number of anilines is 2. The lowest BCUT2D eigenvalue weighted by Gasteiger charge is -2.27. The number of hydrogen-bond acceptors (Lipinski definition) is 5. The van der Waals surface area contributed by atoms with Gasteiger partial charge in [-0.3, -0.25) is 4.79 Å². The Labute approximate surface area is 162 Å². The molecule has 1 atom stereocenters. The van der Waals surface area contributed by atoms with Gasteiger partial charge in [0.15, 0.2) is 17.5 Å². The summed E-state index contributed by atoms with van der Waals surface area (Å²) in [6.45, 7) is 0. The monoisotopic (exact) mass is 423 g/mol. The summed E-state index contributed by atoms with van der Waals surface area (Å²) in [5.74, 6) is -5.42. The Balaban J connectivity index is 1.62. The third kappa shape index (κ3) is 3.54. The van der Waals surface area contributed by atoms with E-state index >= 15 is 0 Å². The molecule has 0 saturated heterocycles. The first-order valence-corrected chi connectivity index (χ1v) is 9.60. The van der Waals surface area contributed by atoms with E-state index in [2.05, 4.69) is 25.3 Å². The van der Waals surface area contributed by atoms with Gasteiger partial charge in [0, 0.05) is 23.4 Å². The molecule has 0 radical (unpaired) electrons. The van der Waals surface area contributed by atoms with E-state index < -0.39 is 39.5 Å². The Hall–Kier alpha value is -3.38. The third-order valence-electron chi connectivity index (χ3n) is 4.18. The van der Waals surface area contributed by atoms with Crippen LogP contribution in [0, 0.1) is 17.5 Å². The van der Waals surface area contributed by atoms with Gasteiger partial charge >= 0.3 is 0 Å². The number of sulfonamides is 1. The molecule has 1 aliphatic rings. The maximum Gasteiger partial charge on any atom is 0.255 e. The Morgan fingerprint density at radius 2 is 1.83 bits per heavy atom. The third-order valence-corrected chi connectivity index (χ3v) is 5.64. The lowest BCUT2D eigenvalue weighted by molar-refractivity contribution is 0.102. The van der Waals surface area contributed by atoms with Crippen molar-refractivity contribution in [3.05, 3.63) is 71.6 Å². The van der Waals surface area contributed by atoms with Gasteiger partial charge in [-0.15, -0.1) is 0 Å². The second-order valence-corrected chi connectivity index (χ2v) is 7.81. The van der Waals surface area contributed by atoms with E-state index in [1.807, 2.05) is 0 Å². The van der Waals surface area contributed by atoms with Crippen molar-refractivity contribution in [1.29, 1.82) is 0 Å². The highest BCUT2D eigenvalue weighted by atomic mass is 32.2. The number of nitrogens with one attached hydrogen (secondary N) is 4. The van der Waals surface area contributed by atoms with Gasteiger partial charge in [0.1, 0.15) is 11.1 Å². The van der Waals surface area contributed by atoms with Crippen LogP contribution in [0.4, 0.5) is 24.5 Å². The molecule has 1 amide bonds. The summed E-state index contributed by atoms with van der Waals surface area (Å²) in [7, 11) is -3.98. The first-order chi connectivity index (χ1) is 13.7. The van der Waals surface area contributed by atoms with E-state index in [0.29, 0.717) is 17.8 Å². The fourth-order valence-corrected chi connectivity index (χ4v) is 4.13. The van der Waals surface area contributed by atoms with Crippen LogP contribution in [-0.4, -0.2) is 24.3 Å². The number of rotatable bonds is 3. The van der Waals surface area contributed by atoms with Gasteiger partial charge in [-0.2, -0.15) is 4.72 Å². The Morgan fingerprint density at radius 3 is 2.48 bits per heavy atom. The van der Waals surface area contributed by atoms with Crippen molar-refractivity contribution in [3.63, 3.8) is 0 Å². The number of carbonyl (C=O) groups is 1. The first kappa shape index (κ1) is 19.0. The highest BCUT2D eigenvalue weighted by Gasteiger charge is 2.31. The van der Waals surface area contributed by atoms with Gasteiger partial charge in [0.25, 0.3) is 5.91 Å². The van der Waals surface area contributed by atoms with Crippen LogP contribution >= 0.6 is 0 Å². The number of halogens is 3. The van der Waals surface area contributed by atoms with Crippen LogP contribution in [0.15, 0.2) is 47.8 Å². The highest BCUT2D eigenvalue weighted by molar-refractivity contribution is 7.89. The summed E-state index contributed by atoms with van der Waals surface area (Å²) in [6, 6.07) is 5.06. The largest absolute Gasteiger partial charge is 0.363 e. The molecule has 29 heavy (non-hydrogen) atoms. The van der Waals surface area contributed by atoms with Gasteiger partial charge in [-0.25, -0.2) is 26.6 Å². The molecule has 0 aliphatic carbocycles. The normalized spacial score (nSPS) is 17.3. The van der Waals surface area contributed by atoms with Crippen molar-refractivity contribution >= 4 is 27.3 Å². The van der Waals surface area contributed by atoms with Crippen molar-refractivity contribution in [2.45, 2.75) is 11.1 Å². The van der Waals surface area contributed by atoms with Crippen molar-refractivity contribution in [2.75, 3.05) is 10.6 Å². The van der Waals surface area contributed by atoms with E-state index in [0.717, 1.165) is 6.07 Å². The van der Waals surface area contributed by atoms with Gasteiger partial charge in [0.2, 0.25) is 10.0 Å². The summed E-state index contributed by atoms with van der Waals surface area (Å²) in [4.78, 5) is 18.8. The Bertz CT molecular complexity index is 1190. The maximum atomic E-state index is 13.3. The minimum absolute atomic E-state index is 0.0824. The zero-order valence-electron chi connectivity index (χ0n) is 14.3. The van der Waals surface area contributed by atoms with Crippen LogP contribution in [0.2, 0.25) is 0 Å². The summed E-state index contributed by atoms with van der Waals surface area (Å²) in [5, 5.41) is 5.16. The molecule has 0 fully saturated rings. The first-order valence-electron chi connectivity index (χ1n) is 8.12. The van der Waals surface area contributed by atoms with Crippen LogP contribution in [0.5, 0.6) is 0 Å². The number of hydrogen-bond donors (Lipinski definition) is 4. The van der Waals surface area contributed by atoms with Crippen LogP contribution in [0.25, 0.3) is 0 Å². The number of carbonyl (C=O) groups excluding carboxylic acids is 1. The Morgan fingerprint density at radius 1 is 1.10 bits per heavy atom. The molecule has 1 aromatic heterocycles. The van der Waals surface area contributed by atoms with E-state index in [1.165, 1.54) is 24.7 Å². The van der Waals surface area contributed by atoms with Gasteiger partial charge in [-0.1, -0.05) is 0 Å². The molecular formula is C17H12F3N5O3S. The zero-order chi connectivity index (χ0) is 20.8. The molecule has 1 aliphatic heterocycles. The SMILES string of the molecule is O=C(Nc1cc(F)c(F)c(F)c1)c1ccc2c(c1)S(=O)(=O)NC(c1cnc[nH]1)N2. The molecule has 150 valence electrons. The summed E-state index contributed by atoms with van der Waals surface area (Å²) >= 11 is 0. The summed E-state index contributed by atoms with van der Waals surface area (Å²) in [6.07, 6.45) is 2.07. The number of amides is 1. The number of aromatic amines is 1. The lowest BCUT2D eigenvalue weighted by Crippen LogP contribution is -2.38. The minimum atomic E-state index is -3.98. The molecular weight excluding hydrogens is 411 g/mol. The molecule has 2 aromatic carbocycles. The molecule has 12 heteroatoms. The number of imidazole rings is 1. The topological polar surface area (TPSA) is 116 Å². The smallest absolute Gasteiger partial charge is 0.255 e. The van der Waals surface area contributed by atoms with Crippen molar-refractivity contribution in [1.82, 2.24) is 14.7 Å². The molecule has 0 spiro atoms. The Kier molecular flexibility index (Phi) is 4.51. The molecule has 0 saturated carbocycles. The molecule has 8 nitrogen and oxygen atoms in total. The number of benzene rings is 2. The number of aromatic nitrogens is 2. The van der Waals surface area contributed by atoms with E-state index in [9.17, 15) is 26.4 Å². The second-order valence-electron chi connectivity index (χ2n) is 6.12. The zero-order valence-corrected chi connectivity index (χ0v) is 15.1. The van der Waals surface area contributed by atoms with Gasteiger partial charge in [-0.05, 0) is 18.2 Å². The maximum absolute atomic E-state index is 13.3. The lowest BCUT2D eigenvalue weighted by atomic mass is 10.1. The fraction of sp³-hybridized carbons (Fsp3) is 0.0588. The van der Waals surface area contributed by atoms with Crippen molar-refractivity contribution in [2.24, 2.45) is 0 Å². The standard InChI is InChI=1S/C17H12F3N5O3S/c18-10-4-9(5-11(19)15(10)20)23-17(26)8-1-2-12-14(3-8)29(27,28)25-16(24-12)13-6-21-7-22-13/h1-7,16,24-25H,(H,21,22)(H,23,26). The number of nitrogens with zero attached hydrogens (tertiary/aromatic N) is 1. The average molecular weight is 423 g/mol. The molecule has 1 unspecified atom stereocenters. The number of H-pyrrole nitrogens is 1. The van der Waals surface area contributed by atoms with E-state index in [4.69, 9.17) is 0 Å². The van der Waals surface area contributed by atoms with Crippen LogP contribution < -0.4 is 15.4 Å². The minimum Gasteiger partial charge on any atom is -0.363 e.